The van der Waals surface area contributed by atoms with Crippen LogP contribution >= 0.6 is 0 Å². The van der Waals surface area contributed by atoms with Crippen LogP contribution in [0.25, 0.3) is 0 Å². The molecular formula is C68H128N4O35. The quantitative estimate of drug-likeness (QED) is 0.0199. The molecular weight excluding hydrogens is 1430 g/mol. The molecule has 0 aromatic carbocycles. The van der Waals surface area contributed by atoms with Gasteiger partial charge in [0, 0.05) is 111 Å². The summed E-state index contributed by atoms with van der Waals surface area (Å²) in [6.45, 7) is -8.60. The summed E-state index contributed by atoms with van der Waals surface area (Å²) in [5, 5.41) is 160. The van der Waals surface area contributed by atoms with Gasteiger partial charge in [-0.15, -0.1) is 5.06 Å². The lowest BCUT2D eigenvalue weighted by Crippen LogP contribution is -2.49. The van der Waals surface area contributed by atoms with Gasteiger partial charge in [0.05, 0.1) is 137 Å². The van der Waals surface area contributed by atoms with Gasteiger partial charge in [0.2, 0.25) is 17.7 Å². The Morgan fingerprint density at radius 2 is 0.514 bits per heavy atom. The van der Waals surface area contributed by atoms with Crippen LogP contribution in [-0.2, 0) is 90.4 Å². The highest BCUT2D eigenvalue weighted by atomic mass is 16.7. The van der Waals surface area contributed by atoms with Crippen LogP contribution in [0.4, 0.5) is 0 Å². The molecule has 1 aliphatic rings. The molecule has 0 saturated carbocycles. The Morgan fingerprint density at radius 1 is 0.299 bits per heavy atom. The van der Waals surface area contributed by atoms with Crippen LogP contribution in [-0.4, -0.2) is 411 Å². The van der Waals surface area contributed by atoms with Crippen molar-refractivity contribution in [2.45, 2.75) is 201 Å². The van der Waals surface area contributed by atoms with Crippen molar-refractivity contribution in [3.05, 3.63) is 0 Å². The molecule has 0 aliphatic carbocycles. The van der Waals surface area contributed by atoms with Gasteiger partial charge in [0.25, 0.3) is 11.8 Å². The van der Waals surface area contributed by atoms with Gasteiger partial charge in [0.1, 0.15) is 61.9 Å². The summed E-state index contributed by atoms with van der Waals surface area (Å²) in [5.74, 6) is -5.23. The smallest absolute Gasteiger partial charge is 0.333 e. The number of aliphatic hydroxyl groups excluding tert-OH is 16. The maximum Gasteiger partial charge on any atom is 0.333 e. The summed E-state index contributed by atoms with van der Waals surface area (Å²) in [5.41, 5.74) is 0. The highest BCUT2D eigenvalue weighted by Gasteiger charge is 2.34. The number of rotatable bonds is 76. The average molecular weight is 1560 g/mol. The highest BCUT2D eigenvalue weighted by Crippen LogP contribution is 2.18. The third-order valence-electron chi connectivity index (χ3n) is 16.8. The lowest BCUT2D eigenvalue weighted by Gasteiger charge is -2.27. The van der Waals surface area contributed by atoms with Gasteiger partial charge in [0.15, 0.2) is 0 Å². The number of nitrogens with zero attached hydrogens (tertiary/aromatic N) is 2. The molecule has 1 saturated heterocycles. The molecule has 1 aliphatic heterocycles. The summed E-state index contributed by atoms with van der Waals surface area (Å²) in [4.78, 5) is 87.2. The van der Waals surface area contributed by atoms with E-state index in [-0.39, 0.29) is 182 Å². The van der Waals surface area contributed by atoms with Crippen LogP contribution in [0.15, 0.2) is 0 Å². The summed E-state index contributed by atoms with van der Waals surface area (Å²) >= 11 is 0. The molecule has 1 heterocycles. The van der Waals surface area contributed by atoms with Crippen molar-refractivity contribution in [1.29, 1.82) is 0 Å². The first kappa shape index (κ1) is 101. The molecule has 18 N–H and O–H groups in total. The van der Waals surface area contributed by atoms with Gasteiger partial charge in [-0.2, -0.15) is 0 Å². The number of nitrogens with one attached hydrogen (secondary N) is 2. The van der Waals surface area contributed by atoms with Crippen LogP contribution in [0, 0.1) is 0 Å². The Kier molecular flexibility index (Phi) is 62.7. The van der Waals surface area contributed by atoms with Crippen molar-refractivity contribution in [3.8, 4) is 0 Å². The summed E-state index contributed by atoms with van der Waals surface area (Å²) < 4.78 is 69.8. The van der Waals surface area contributed by atoms with Crippen molar-refractivity contribution in [2.75, 3.05) is 198 Å². The highest BCUT2D eigenvalue weighted by molar-refractivity contribution is 6.01. The fraction of sp³-hybridized carbons (Fsp3) is 0.912. The maximum atomic E-state index is 14.6. The first-order valence-electron chi connectivity index (χ1n) is 36.9. The van der Waals surface area contributed by atoms with E-state index in [1.165, 1.54) is 0 Å². The van der Waals surface area contributed by atoms with Crippen LogP contribution in [0.1, 0.15) is 116 Å². The summed E-state index contributed by atoms with van der Waals surface area (Å²) in [6, 6.07) is -1.54. The molecule has 5 amide bonds. The molecule has 1 rings (SSSR count). The number of amides is 5. The Bertz CT molecular complexity index is 1980. The lowest BCUT2D eigenvalue weighted by molar-refractivity contribution is -0.197. The fourth-order valence-electron chi connectivity index (χ4n) is 10.3. The minimum Gasteiger partial charge on any atom is -0.394 e. The van der Waals surface area contributed by atoms with Crippen LogP contribution < -0.4 is 10.6 Å². The first-order valence-corrected chi connectivity index (χ1v) is 36.9. The molecule has 107 heavy (non-hydrogen) atoms. The van der Waals surface area contributed by atoms with Crippen molar-refractivity contribution in [1.82, 2.24) is 20.6 Å². The summed E-state index contributed by atoms with van der Waals surface area (Å²) in [7, 11) is 0. The van der Waals surface area contributed by atoms with Gasteiger partial charge in [-0.25, -0.2) is 4.79 Å². The molecule has 0 aromatic heterocycles. The van der Waals surface area contributed by atoms with Gasteiger partial charge >= 0.3 is 5.97 Å². The molecule has 0 bridgehead atoms. The lowest BCUT2D eigenvalue weighted by atomic mass is 10.1. The van der Waals surface area contributed by atoms with E-state index in [1.807, 2.05) is 0 Å². The van der Waals surface area contributed by atoms with Gasteiger partial charge in [-0.05, 0) is 89.9 Å². The van der Waals surface area contributed by atoms with Crippen LogP contribution in [0.5, 0.6) is 0 Å². The van der Waals surface area contributed by atoms with E-state index in [2.05, 4.69) is 10.6 Å². The number of hydroxylamine groups is 2. The zero-order chi connectivity index (χ0) is 79.2. The number of aliphatic hydroxyl groups is 16. The molecule has 39 nitrogen and oxygen atoms in total. The second-order valence-corrected chi connectivity index (χ2v) is 25.3. The molecule has 0 spiro atoms. The molecule has 39 heteroatoms. The van der Waals surface area contributed by atoms with E-state index in [0.717, 1.165) is 4.90 Å². The van der Waals surface area contributed by atoms with E-state index in [4.69, 9.17) is 61.7 Å². The Hall–Kier alpha value is -4.10. The topological polar surface area (TPSA) is 577 Å². The van der Waals surface area contributed by atoms with Crippen LogP contribution in [0.2, 0.25) is 0 Å². The molecule has 0 radical (unpaired) electrons. The van der Waals surface area contributed by atoms with Crippen LogP contribution in [0.3, 0.4) is 0 Å². The predicted octanol–water partition coefficient (Wildman–Crippen LogP) is -6.87. The molecule has 0 aromatic rings. The minimum absolute atomic E-state index is 0.0167. The normalized spacial score (nSPS) is 13.6. The van der Waals surface area contributed by atoms with Gasteiger partial charge in [-0.1, -0.05) is 0 Å². The third kappa shape index (κ3) is 49.1. The Balaban J connectivity index is 3.84. The average Bonchev–Trinajstić information content (AvgIpc) is 1.67. The Labute approximate surface area is 625 Å². The van der Waals surface area contributed by atoms with Gasteiger partial charge in [-0.3, -0.25) is 24.0 Å². The van der Waals surface area contributed by atoms with Gasteiger partial charge < -0.3 is 159 Å². The second kappa shape index (κ2) is 66.5. The summed E-state index contributed by atoms with van der Waals surface area (Å²) in [6.07, 6.45) is -8.16. The van der Waals surface area contributed by atoms with Crippen molar-refractivity contribution >= 4 is 35.5 Å². The van der Waals surface area contributed by atoms with Crippen molar-refractivity contribution in [2.24, 2.45) is 0 Å². The number of carbonyl (C=O) groups is 6. The zero-order valence-corrected chi connectivity index (χ0v) is 61.8. The molecule has 2 unspecified atom stereocenters. The predicted molar refractivity (Wildman–Crippen MR) is 372 cm³/mol. The molecule has 1 fully saturated rings. The number of ether oxygens (including phenoxy) is 12. The van der Waals surface area contributed by atoms with Crippen molar-refractivity contribution < 1.29 is 172 Å². The zero-order valence-electron chi connectivity index (χ0n) is 61.8. The number of imide groups is 1. The molecule has 2 atom stereocenters. The Morgan fingerprint density at radius 3 is 0.748 bits per heavy atom. The number of carbonyl (C=O) groups excluding carboxylic acids is 6. The number of hydrogen-bond acceptors (Lipinski definition) is 35. The van der Waals surface area contributed by atoms with E-state index >= 15 is 0 Å². The third-order valence-corrected chi connectivity index (χ3v) is 16.8. The van der Waals surface area contributed by atoms with Crippen molar-refractivity contribution in [3.63, 3.8) is 0 Å². The van der Waals surface area contributed by atoms with E-state index in [1.54, 1.807) is 0 Å². The monoisotopic (exact) mass is 1560 g/mol. The van der Waals surface area contributed by atoms with E-state index < -0.39 is 252 Å². The largest absolute Gasteiger partial charge is 0.394 e. The SMILES string of the molecule is O=C(CN(CC(=O)NC(CCCOC(CCOC(CO)CO)CCOC(CO)CO)CCOC(CCOC(CO)CO)CCOC(CO)CO)C(=O)CCC(=O)ON1C(=O)CCC1=O)NC(CCCOC(CCOC(CO)CO)CCOC(CO)CO)CCOC(CCOC(CO)CO)CCOC(CO)CO. The second-order valence-electron chi connectivity index (χ2n) is 25.3. The maximum absolute atomic E-state index is 14.6. The first-order chi connectivity index (χ1) is 51.8. The minimum atomic E-state index is -1.15. The fourth-order valence-corrected chi connectivity index (χ4v) is 10.3. The van der Waals surface area contributed by atoms with E-state index in [0.29, 0.717) is 5.06 Å². The van der Waals surface area contributed by atoms with E-state index in [9.17, 15) is 110 Å². The standard InChI is InChI=1S/C68H128N4O35/c73-33-55(34-74)99-23-11-51(12-24-100-56(35-75)36-76)95-19-1-3-49(9-21-97-53(15-27-103-59(41-81)42-82)16-28-104-60(43-83)44-84)69-63(89)31-71(65(91)7-8-68(94)107-72-66(92)5-6-67(72)93)32-64(90)70-50(10-22-98-54(17-29-105-61(45-85)46-86)18-30-106-62(47-87)48-88)4-2-20-96-52(13-25-101-57(37-77)38-78)14-26-102-58(39-79)40-80/h49-62,73-88H,1-48H2,(H,69,89)(H,70,90). The molecule has 630 valence electrons. The number of hydrogen-bond donors (Lipinski definition) is 18.